The minimum absolute atomic E-state index is 0.212. The number of hydrogen-bond acceptors (Lipinski definition) is 6. The van der Waals surface area contributed by atoms with E-state index in [2.05, 4.69) is 10.5 Å². The van der Waals surface area contributed by atoms with Crippen LogP contribution in [0, 0.1) is 17.0 Å². The average molecular weight is 329 g/mol. The van der Waals surface area contributed by atoms with Gasteiger partial charge in [0.15, 0.2) is 12.4 Å². The number of nitro groups is 1. The highest BCUT2D eigenvalue weighted by molar-refractivity contribution is 5.84. The summed E-state index contributed by atoms with van der Waals surface area (Å²) in [5, 5.41) is 23.8. The number of amides is 1. The quantitative estimate of drug-likeness (QED) is 0.479. The fourth-order valence-electron chi connectivity index (χ4n) is 1.83. The van der Waals surface area contributed by atoms with Crippen molar-refractivity contribution >= 4 is 17.8 Å². The highest BCUT2D eigenvalue weighted by Crippen LogP contribution is 2.25. The maximum atomic E-state index is 11.6. The van der Waals surface area contributed by atoms with Gasteiger partial charge in [-0.1, -0.05) is 12.1 Å². The van der Waals surface area contributed by atoms with Crippen LogP contribution >= 0.6 is 0 Å². The Morgan fingerprint density at radius 1 is 1.38 bits per heavy atom. The van der Waals surface area contributed by atoms with Crippen molar-refractivity contribution < 1.29 is 19.6 Å². The van der Waals surface area contributed by atoms with E-state index >= 15 is 0 Å². The van der Waals surface area contributed by atoms with Gasteiger partial charge < -0.3 is 9.84 Å². The molecule has 0 aliphatic rings. The monoisotopic (exact) mass is 329 g/mol. The van der Waals surface area contributed by atoms with E-state index in [0.717, 1.165) is 11.6 Å². The molecular formula is C16H15N3O5. The molecule has 2 N–H and O–H groups in total. The summed E-state index contributed by atoms with van der Waals surface area (Å²) in [6, 6.07) is 11.0. The Morgan fingerprint density at radius 3 is 2.88 bits per heavy atom. The van der Waals surface area contributed by atoms with Crippen LogP contribution in [-0.2, 0) is 4.79 Å². The first-order valence-corrected chi connectivity index (χ1v) is 6.94. The zero-order valence-electron chi connectivity index (χ0n) is 12.8. The summed E-state index contributed by atoms with van der Waals surface area (Å²) in [5.41, 5.74) is 3.19. The standard InChI is InChI=1S/C16H15N3O5/c1-11-3-2-4-13(7-11)24-10-16(21)18-17-9-12-5-6-15(20)14(8-12)19(22)23/h2-9,20H,10H2,1H3,(H,18,21)/b17-9-. The number of phenols is 1. The van der Waals surface area contributed by atoms with E-state index in [4.69, 9.17) is 4.74 Å². The van der Waals surface area contributed by atoms with Gasteiger partial charge in [-0.25, -0.2) is 5.43 Å². The third-order valence-corrected chi connectivity index (χ3v) is 2.96. The Bertz CT molecular complexity index is 789. The summed E-state index contributed by atoms with van der Waals surface area (Å²) in [4.78, 5) is 21.6. The molecule has 0 atom stereocenters. The molecule has 0 spiro atoms. The van der Waals surface area contributed by atoms with Gasteiger partial charge >= 0.3 is 5.69 Å². The number of carbonyl (C=O) groups is 1. The molecule has 24 heavy (non-hydrogen) atoms. The number of aromatic hydroxyl groups is 1. The lowest BCUT2D eigenvalue weighted by atomic mass is 10.2. The Kier molecular flexibility index (Phi) is 5.45. The van der Waals surface area contributed by atoms with Crippen LogP contribution in [0.4, 0.5) is 5.69 Å². The summed E-state index contributed by atoms with van der Waals surface area (Å²) >= 11 is 0. The molecule has 0 bridgehead atoms. The summed E-state index contributed by atoms with van der Waals surface area (Å²) < 4.78 is 5.31. The normalized spacial score (nSPS) is 10.5. The second-order valence-electron chi connectivity index (χ2n) is 4.90. The second kappa shape index (κ2) is 7.73. The van der Waals surface area contributed by atoms with Crippen LogP contribution < -0.4 is 10.2 Å². The van der Waals surface area contributed by atoms with Crippen LogP contribution in [0.2, 0.25) is 0 Å². The minimum Gasteiger partial charge on any atom is -0.502 e. The van der Waals surface area contributed by atoms with Crippen molar-refractivity contribution in [3.05, 3.63) is 63.7 Å². The molecule has 0 heterocycles. The third-order valence-electron chi connectivity index (χ3n) is 2.96. The fraction of sp³-hybridized carbons (Fsp3) is 0.125. The SMILES string of the molecule is Cc1cccc(OCC(=O)N/N=C\c2ccc(O)c([N+](=O)[O-])c2)c1. The molecule has 0 saturated carbocycles. The van der Waals surface area contributed by atoms with Crippen LogP contribution in [0.25, 0.3) is 0 Å². The lowest BCUT2D eigenvalue weighted by Crippen LogP contribution is -2.24. The molecule has 0 saturated heterocycles. The number of benzene rings is 2. The molecule has 0 fully saturated rings. The van der Waals surface area contributed by atoms with Gasteiger partial charge in [0, 0.05) is 11.6 Å². The number of nitrogens with zero attached hydrogens (tertiary/aromatic N) is 2. The zero-order valence-corrected chi connectivity index (χ0v) is 12.8. The van der Waals surface area contributed by atoms with Gasteiger partial charge in [-0.05, 0) is 36.8 Å². The molecule has 0 unspecified atom stereocenters. The number of carbonyl (C=O) groups excluding carboxylic acids is 1. The van der Waals surface area contributed by atoms with E-state index in [9.17, 15) is 20.0 Å². The van der Waals surface area contributed by atoms with Gasteiger partial charge in [-0.3, -0.25) is 14.9 Å². The summed E-state index contributed by atoms with van der Waals surface area (Å²) in [7, 11) is 0. The molecule has 0 aliphatic heterocycles. The molecule has 0 aromatic heterocycles. The molecule has 0 radical (unpaired) electrons. The van der Waals surface area contributed by atoms with Gasteiger partial charge in [-0.15, -0.1) is 0 Å². The van der Waals surface area contributed by atoms with Crippen molar-refractivity contribution in [1.29, 1.82) is 0 Å². The zero-order chi connectivity index (χ0) is 17.5. The fourth-order valence-corrected chi connectivity index (χ4v) is 1.83. The smallest absolute Gasteiger partial charge is 0.311 e. The molecule has 124 valence electrons. The van der Waals surface area contributed by atoms with Gasteiger partial charge in [0.1, 0.15) is 5.75 Å². The number of nitrogens with one attached hydrogen (secondary N) is 1. The third kappa shape index (κ3) is 4.80. The lowest BCUT2D eigenvalue weighted by molar-refractivity contribution is -0.385. The molecule has 2 aromatic carbocycles. The maximum absolute atomic E-state index is 11.6. The van der Waals surface area contributed by atoms with E-state index in [1.165, 1.54) is 18.3 Å². The predicted molar refractivity (Wildman–Crippen MR) is 87.2 cm³/mol. The number of rotatable bonds is 6. The molecule has 1 amide bonds. The van der Waals surface area contributed by atoms with Crippen LogP contribution in [0.15, 0.2) is 47.6 Å². The molecular weight excluding hydrogens is 314 g/mol. The number of hydrogen-bond donors (Lipinski definition) is 2. The van der Waals surface area contributed by atoms with E-state index in [1.807, 2.05) is 19.1 Å². The predicted octanol–water partition coefficient (Wildman–Crippen LogP) is 2.14. The van der Waals surface area contributed by atoms with Gasteiger partial charge in [0.2, 0.25) is 0 Å². The van der Waals surface area contributed by atoms with Crippen LogP contribution in [-0.4, -0.2) is 28.8 Å². The van der Waals surface area contributed by atoms with E-state index in [-0.39, 0.29) is 6.61 Å². The summed E-state index contributed by atoms with van der Waals surface area (Å²) in [6.07, 6.45) is 1.23. The Morgan fingerprint density at radius 2 is 2.17 bits per heavy atom. The maximum Gasteiger partial charge on any atom is 0.311 e. The highest BCUT2D eigenvalue weighted by Gasteiger charge is 2.12. The molecule has 2 rings (SSSR count). The first-order valence-electron chi connectivity index (χ1n) is 6.94. The van der Waals surface area contributed by atoms with E-state index < -0.39 is 22.3 Å². The number of nitro benzene ring substituents is 1. The summed E-state index contributed by atoms with van der Waals surface area (Å²) in [5.74, 6) is -0.336. The average Bonchev–Trinajstić information content (AvgIpc) is 2.54. The molecule has 8 heteroatoms. The number of hydrazone groups is 1. The topological polar surface area (TPSA) is 114 Å². The first kappa shape index (κ1) is 16.9. The molecule has 2 aromatic rings. The van der Waals surface area contributed by atoms with Crippen molar-refractivity contribution in [3.8, 4) is 11.5 Å². The van der Waals surface area contributed by atoms with Crippen molar-refractivity contribution in [1.82, 2.24) is 5.43 Å². The van der Waals surface area contributed by atoms with Gasteiger partial charge in [0.05, 0.1) is 11.1 Å². The lowest BCUT2D eigenvalue weighted by Gasteiger charge is -2.05. The molecule has 0 aliphatic carbocycles. The van der Waals surface area contributed by atoms with Crippen molar-refractivity contribution in [2.75, 3.05) is 6.61 Å². The van der Waals surface area contributed by atoms with Crippen molar-refractivity contribution in [2.24, 2.45) is 5.10 Å². The highest BCUT2D eigenvalue weighted by atomic mass is 16.6. The van der Waals surface area contributed by atoms with Crippen molar-refractivity contribution in [3.63, 3.8) is 0 Å². The number of ether oxygens (including phenoxy) is 1. The molecule has 8 nitrogen and oxygen atoms in total. The first-order chi connectivity index (χ1) is 11.5. The van der Waals surface area contributed by atoms with E-state index in [1.54, 1.807) is 12.1 Å². The Hall–Kier alpha value is -3.42. The number of aryl methyl sites for hydroxylation is 1. The van der Waals surface area contributed by atoms with Crippen molar-refractivity contribution in [2.45, 2.75) is 6.92 Å². The number of phenolic OH excluding ortho intramolecular Hbond substituents is 1. The van der Waals surface area contributed by atoms with Crippen LogP contribution in [0.3, 0.4) is 0 Å². The Balaban J connectivity index is 1.88. The summed E-state index contributed by atoms with van der Waals surface area (Å²) in [6.45, 7) is 1.70. The largest absolute Gasteiger partial charge is 0.502 e. The second-order valence-corrected chi connectivity index (χ2v) is 4.90. The van der Waals surface area contributed by atoms with Crippen LogP contribution in [0.1, 0.15) is 11.1 Å². The van der Waals surface area contributed by atoms with Gasteiger partial charge in [-0.2, -0.15) is 5.10 Å². The van der Waals surface area contributed by atoms with Crippen LogP contribution in [0.5, 0.6) is 11.5 Å². The van der Waals surface area contributed by atoms with Gasteiger partial charge in [0.25, 0.3) is 5.91 Å². The van der Waals surface area contributed by atoms with E-state index in [0.29, 0.717) is 11.3 Å². The minimum atomic E-state index is -0.707. The Labute approximate surface area is 137 Å².